The van der Waals surface area contributed by atoms with Crippen LogP contribution < -0.4 is 0 Å². The molecule has 0 saturated carbocycles. The molecule has 1 aliphatic heterocycles. The van der Waals surface area contributed by atoms with Gasteiger partial charge in [0.15, 0.2) is 5.17 Å². The molecule has 0 N–H and O–H groups in total. The summed E-state index contributed by atoms with van der Waals surface area (Å²) in [5.41, 5.74) is 3.22. The molecule has 0 aliphatic carbocycles. The van der Waals surface area contributed by atoms with Crippen molar-refractivity contribution in [3.05, 3.63) is 98.8 Å². The highest BCUT2D eigenvalue weighted by Gasteiger charge is 2.34. The van der Waals surface area contributed by atoms with Gasteiger partial charge >= 0.3 is 0 Å². The van der Waals surface area contributed by atoms with Crippen LogP contribution in [0, 0.1) is 0 Å². The molecule has 4 rings (SSSR count). The molecule has 1 saturated heterocycles. The largest absolute Gasteiger partial charge is 0.467 e. The third-order valence-corrected chi connectivity index (χ3v) is 6.60. The molecule has 5 nitrogen and oxygen atoms in total. The fourth-order valence-corrected chi connectivity index (χ4v) is 4.40. The number of furan rings is 1. The minimum absolute atomic E-state index is 0.0795. The van der Waals surface area contributed by atoms with Gasteiger partial charge in [0.2, 0.25) is 0 Å². The van der Waals surface area contributed by atoms with Crippen molar-refractivity contribution >= 4 is 51.1 Å². The minimum atomic E-state index is -0.117. The topological polar surface area (TPSA) is 58.2 Å². The summed E-state index contributed by atoms with van der Waals surface area (Å²) in [5.74, 6) is 0.568. The summed E-state index contributed by atoms with van der Waals surface area (Å²) in [5, 5.41) is 9.09. The number of halogens is 1. The maximum absolute atomic E-state index is 13.2. The first-order valence-corrected chi connectivity index (χ1v) is 12.1. The normalized spacial score (nSPS) is 17.1. The molecular formula is C26H24BrN3O2S. The summed E-state index contributed by atoms with van der Waals surface area (Å²) >= 11 is 4.74. The van der Waals surface area contributed by atoms with E-state index in [4.69, 9.17) is 4.42 Å². The third-order valence-electron chi connectivity index (χ3n) is 5.08. The summed E-state index contributed by atoms with van der Waals surface area (Å²) in [7, 11) is 0. The van der Waals surface area contributed by atoms with E-state index in [2.05, 4.69) is 59.0 Å². The van der Waals surface area contributed by atoms with E-state index >= 15 is 0 Å². The number of amidine groups is 1. The van der Waals surface area contributed by atoms with Crippen LogP contribution in [-0.2, 0) is 16.8 Å². The van der Waals surface area contributed by atoms with Gasteiger partial charge in [-0.15, -0.1) is 5.10 Å². The molecule has 1 amide bonds. The van der Waals surface area contributed by atoms with Crippen molar-refractivity contribution < 1.29 is 9.21 Å². The standard InChI is InChI=1S/C26H24BrN3O2S/c1-26(2,3)20-10-6-18(7-11-20)15-23-24(31)30(17-22-5-4-14-32-22)25(33-23)29-28-16-19-8-12-21(27)13-9-19/h4-16H,17H2,1-3H3/b23-15-,28-16-,29-25+. The lowest BCUT2D eigenvalue weighted by molar-refractivity contribution is -0.122. The van der Waals surface area contributed by atoms with Gasteiger partial charge in [-0.2, -0.15) is 5.10 Å². The molecule has 0 atom stereocenters. The van der Waals surface area contributed by atoms with Crippen LogP contribution in [-0.4, -0.2) is 22.2 Å². The molecule has 0 radical (unpaired) electrons. The second kappa shape index (κ2) is 9.93. The summed E-state index contributed by atoms with van der Waals surface area (Å²) in [4.78, 5) is 15.4. The summed E-state index contributed by atoms with van der Waals surface area (Å²) in [6, 6.07) is 19.7. The first-order valence-electron chi connectivity index (χ1n) is 10.5. The Hall–Kier alpha value is -2.90. The van der Waals surface area contributed by atoms with E-state index in [9.17, 15) is 4.79 Å². The number of carbonyl (C=O) groups is 1. The Kier molecular flexibility index (Phi) is 7.00. The van der Waals surface area contributed by atoms with Gasteiger partial charge in [-0.1, -0.05) is 73.1 Å². The van der Waals surface area contributed by atoms with Gasteiger partial charge in [-0.3, -0.25) is 9.69 Å². The van der Waals surface area contributed by atoms with Gasteiger partial charge in [0.25, 0.3) is 5.91 Å². The van der Waals surface area contributed by atoms with E-state index in [1.165, 1.54) is 17.3 Å². The van der Waals surface area contributed by atoms with Crippen LogP contribution in [0.15, 0.2) is 90.9 Å². The van der Waals surface area contributed by atoms with Crippen LogP contribution in [0.25, 0.3) is 6.08 Å². The number of carbonyl (C=O) groups excluding carboxylic acids is 1. The van der Waals surface area contributed by atoms with E-state index in [-0.39, 0.29) is 11.3 Å². The van der Waals surface area contributed by atoms with E-state index < -0.39 is 0 Å². The highest BCUT2D eigenvalue weighted by molar-refractivity contribution is 9.10. The smallest absolute Gasteiger partial charge is 0.267 e. The van der Waals surface area contributed by atoms with E-state index in [1.807, 2.05) is 48.5 Å². The quantitative estimate of drug-likeness (QED) is 0.209. The number of thioether (sulfide) groups is 1. The van der Waals surface area contributed by atoms with Gasteiger partial charge in [-0.25, -0.2) is 0 Å². The number of hydrogen-bond acceptors (Lipinski definition) is 5. The van der Waals surface area contributed by atoms with Gasteiger partial charge in [-0.05, 0) is 64.2 Å². The van der Waals surface area contributed by atoms with Crippen molar-refractivity contribution in [2.24, 2.45) is 10.2 Å². The zero-order valence-electron chi connectivity index (χ0n) is 18.7. The van der Waals surface area contributed by atoms with E-state index in [1.54, 1.807) is 23.4 Å². The fraction of sp³-hybridized carbons (Fsp3) is 0.192. The lowest BCUT2D eigenvalue weighted by atomic mass is 9.87. The Balaban J connectivity index is 1.59. The summed E-state index contributed by atoms with van der Waals surface area (Å²) < 4.78 is 6.45. The number of amides is 1. The average molecular weight is 522 g/mol. The van der Waals surface area contributed by atoms with Crippen molar-refractivity contribution in [1.29, 1.82) is 0 Å². The molecule has 33 heavy (non-hydrogen) atoms. The Labute approximate surface area is 206 Å². The lowest BCUT2D eigenvalue weighted by Gasteiger charge is -2.18. The van der Waals surface area contributed by atoms with Crippen molar-refractivity contribution in [3.63, 3.8) is 0 Å². The molecule has 0 bridgehead atoms. The van der Waals surface area contributed by atoms with Gasteiger partial charge in [0, 0.05) is 4.47 Å². The van der Waals surface area contributed by atoms with Crippen LogP contribution in [0.2, 0.25) is 0 Å². The average Bonchev–Trinajstić information content (AvgIpc) is 3.39. The maximum Gasteiger partial charge on any atom is 0.267 e. The highest BCUT2D eigenvalue weighted by atomic mass is 79.9. The Morgan fingerprint density at radius 2 is 1.73 bits per heavy atom. The minimum Gasteiger partial charge on any atom is -0.467 e. The maximum atomic E-state index is 13.2. The summed E-state index contributed by atoms with van der Waals surface area (Å²) in [6.07, 6.45) is 5.16. The van der Waals surface area contributed by atoms with Gasteiger partial charge in [0.1, 0.15) is 5.76 Å². The molecule has 1 aliphatic rings. The first-order chi connectivity index (χ1) is 15.8. The predicted octanol–water partition coefficient (Wildman–Crippen LogP) is 6.85. The number of hydrogen-bond donors (Lipinski definition) is 0. The van der Waals surface area contributed by atoms with E-state index in [0.717, 1.165) is 15.6 Å². The Morgan fingerprint density at radius 1 is 1.03 bits per heavy atom. The molecule has 1 aromatic heterocycles. The lowest BCUT2D eigenvalue weighted by Crippen LogP contribution is -2.28. The third kappa shape index (κ3) is 5.92. The zero-order valence-corrected chi connectivity index (χ0v) is 21.1. The van der Waals surface area contributed by atoms with Crippen LogP contribution in [0.1, 0.15) is 43.2 Å². The molecule has 2 aromatic carbocycles. The van der Waals surface area contributed by atoms with Crippen LogP contribution in [0.5, 0.6) is 0 Å². The number of benzene rings is 2. The van der Waals surface area contributed by atoms with Crippen molar-refractivity contribution in [3.8, 4) is 0 Å². The molecule has 0 unspecified atom stereocenters. The van der Waals surface area contributed by atoms with Gasteiger partial charge in [0.05, 0.1) is 23.9 Å². The monoisotopic (exact) mass is 521 g/mol. The highest BCUT2D eigenvalue weighted by Crippen LogP contribution is 2.34. The number of nitrogens with zero attached hydrogens (tertiary/aromatic N) is 3. The second-order valence-corrected chi connectivity index (χ2v) is 10.6. The molecule has 3 aromatic rings. The first kappa shape index (κ1) is 23.3. The Morgan fingerprint density at radius 3 is 2.36 bits per heavy atom. The van der Waals surface area contributed by atoms with Crippen LogP contribution in [0.4, 0.5) is 0 Å². The number of rotatable bonds is 5. The molecule has 2 heterocycles. The molecular weight excluding hydrogens is 498 g/mol. The van der Waals surface area contributed by atoms with Crippen molar-refractivity contribution in [1.82, 2.24) is 4.90 Å². The fourth-order valence-electron chi connectivity index (χ4n) is 3.20. The molecule has 0 spiro atoms. The van der Waals surface area contributed by atoms with E-state index in [0.29, 0.717) is 22.4 Å². The predicted molar refractivity (Wildman–Crippen MR) is 139 cm³/mol. The van der Waals surface area contributed by atoms with Crippen molar-refractivity contribution in [2.45, 2.75) is 32.7 Å². The Bertz CT molecular complexity index is 1210. The van der Waals surface area contributed by atoms with Crippen molar-refractivity contribution in [2.75, 3.05) is 0 Å². The molecule has 168 valence electrons. The van der Waals surface area contributed by atoms with Crippen LogP contribution in [0.3, 0.4) is 0 Å². The van der Waals surface area contributed by atoms with Crippen LogP contribution >= 0.6 is 27.7 Å². The SMILES string of the molecule is CC(C)(C)c1ccc(/C=C2\S/C(=N/N=C\c3ccc(Br)cc3)N(Cc3ccco3)C2=O)cc1. The zero-order chi connectivity index (χ0) is 23.4. The van der Waals surface area contributed by atoms with Gasteiger partial charge < -0.3 is 4.42 Å². The molecule has 7 heteroatoms. The summed E-state index contributed by atoms with van der Waals surface area (Å²) in [6.45, 7) is 6.84. The molecule has 1 fully saturated rings. The second-order valence-electron chi connectivity index (χ2n) is 8.63.